The minimum Gasteiger partial charge on any atom is -0.207 e. The minimum absolute atomic E-state index is 0.111. The summed E-state index contributed by atoms with van der Waals surface area (Å²) in [4.78, 5) is 0. The van der Waals surface area contributed by atoms with Crippen LogP contribution in [-0.4, -0.2) is 5.38 Å². The molecule has 0 saturated heterocycles. The van der Waals surface area contributed by atoms with Crippen molar-refractivity contribution in [2.45, 2.75) is 37.5 Å². The Morgan fingerprint density at radius 3 is 2.94 bits per heavy atom. The molecule has 92 valence electrons. The van der Waals surface area contributed by atoms with Crippen molar-refractivity contribution < 1.29 is 4.39 Å². The first-order chi connectivity index (χ1) is 8.15. The Hall–Kier alpha value is -0.530. The van der Waals surface area contributed by atoms with E-state index in [1.165, 1.54) is 17.7 Å². The van der Waals surface area contributed by atoms with Crippen molar-refractivity contribution in [2.75, 3.05) is 0 Å². The molecule has 1 aromatic rings. The number of rotatable bonds is 2. The van der Waals surface area contributed by atoms with Gasteiger partial charge in [-0.2, -0.15) is 0 Å². The molecule has 0 saturated carbocycles. The highest BCUT2D eigenvalue weighted by Gasteiger charge is 2.11. The second kappa shape index (κ2) is 5.88. The molecular formula is C14H15Cl2F. The van der Waals surface area contributed by atoms with E-state index >= 15 is 0 Å². The third-order valence-electron chi connectivity index (χ3n) is 3.07. The highest BCUT2D eigenvalue weighted by molar-refractivity contribution is 6.31. The molecule has 0 spiro atoms. The molecule has 3 heteroatoms. The fraction of sp³-hybridized carbons (Fsp3) is 0.429. The van der Waals surface area contributed by atoms with E-state index in [0.717, 1.165) is 31.2 Å². The van der Waals surface area contributed by atoms with Crippen LogP contribution < -0.4 is 0 Å². The molecule has 1 unspecified atom stereocenters. The van der Waals surface area contributed by atoms with Crippen molar-refractivity contribution in [3.8, 4) is 0 Å². The number of halogens is 3. The van der Waals surface area contributed by atoms with Gasteiger partial charge in [0.15, 0.2) is 0 Å². The lowest BCUT2D eigenvalue weighted by molar-refractivity contribution is 0.625. The van der Waals surface area contributed by atoms with Crippen LogP contribution in [0.2, 0.25) is 5.02 Å². The van der Waals surface area contributed by atoms with Gasteiger partial charge < -0.3 is 0 Å². The van der Waals surface area contributed by atoms with E-state index in [1.807, 2.05) is 0 Å². The molecule has 1 aliphatic rings. The fourth-order valence-electron chi connectivity index (χ4n) is 2.18. The van der Waals surface area contributed by atoms with Gasteiger partial charge >= 0.3 is 0 Å². The summed E-state index contributed by atoms with van der Waals surface area (Å²) >= 11 is 12.2. The Morgan fingerprint density at radius 2 is 2.12 bits per heavy atom. The van der Waals surface area contributed by atoms with E-state index in [1.54, 1.807) is 6.07 Å². The average molecular weight is 273 g/mol. The fourth-order valence-corrected chi connectivity index (χ4v) is 2.70. The molecule has 0 radical (unpaired) electrons. The van der Waals surface area contributed by atoms with Crippen molar-refractivity contribution in [3.05, 3.63) is 46.3 Å². The Kier molecular flexibility index (Phi) is 4.47. The molecule has 0 aromatic heterocycles. The number of allylic oxidation sites excluding steroid dienone is 2. The predicted molar refractivity (Wildman–Crippen MR) is 71.3 cm³/mol. The van der Waals surface area contributed by atoms with E-state index in [9.17, 15) is 4.39 Å². The van der Waals surface area contributed by atoms with Gasteiger partial charge in [0.1, 0.15) is 5.82 Å². The largest absolute Gasteiger partial charge is 0.207 e. The van der Waals surface area contributed by atoms with Crippen LogP contribution >= 0.6 is 23.2 Å². The van der Waals surface area contributed by atoms with Gasteiger partial charge in [-0.25, -0.2) is 4.39 Å². The minimum atomic E-state index is -0.235. The molecule has 0 N–H and O–H groups in total. The molecule has 0 heterocycles. The molecule has 1 atom stereocenters. The number of benzene rings is 1. The van der Waals surface area contributed by atoms with Gasteiger partial charge in [-0.1, -0.05) is 29.7 Å². The van der Waals surface area contributed by atoms with Crippen LogP contribution in [0.1, 0.15) is 31.2 Å². The molecule has 1 aromatic carbocycles. The molecular weight excluding hydrogens is 258 g/mol. The van der Waals surface area contributed by atoms with E-state index in [-0.39, 0.29) is 11.2 Å². The maximum absolute atomic E-state index is 13.2. The molecule has 2 rings (SSSR count). The number of alkyl halides is 1. The summed E-state index contributed by atoms with van der Waals surface area (Å²) in [6.07, 6.45) is 7.20. The normalized spacial score (nSPS) is 20.9. The summed E-state index contributed by atoms with van der Waals surface area (Å²) in [6.45, 7) is 0. The standard InChI is InChI=1S/C14H15Cl2F/c15-12-4-2-1-3-10(8-12)7-11-9-13(17)5-6-14(11)16/h5-6,8-9,12H,1-4,7H2. The van der Waals surface area contributed by atoms with E-state index in [4.69, 9.17) is 23.2 Å². The molecule has 0 amide bonds. The van der Waals surface area contributed by atoms with Crippen molar-refractivity contribution in [3.63, 3.8) is 0 Å². The Labute approximate surface area is 111 Å². The lowest BCUT2D eigenvalue weighted by Gasteiger charge is -2.08. The van der Waals surface area contributed by atoms with Crippen LogP contribution in [-0.2, 0) is 6.42 Å². The van der Waals surface area contributed by atoms with Crippen LogP contribution in [0.5, 0.6) is 0 Å². The quantitative estimate of drug-likeness (QED) is 0.517. The number of hydrogen-bond acceptors (Lipinski definition) is 0. The summed E-state index contributed by atoms with van der Waals surface area (Å²) in [7, 11) is 0. The van der Waals surface area contributed by atoms with Gasteiger partial charge in [0, 0.05) is 5.02 Å². The predicted octanol–water partition coefficient (Wildman–Crippen LogP) is 5.13. The van der Waals surface area contributed by atoms with Gasteiger partial charge in [-0.05, 0) is 49.4 Å². The van der Waals surface area contributed by atoms with Crippen molar-refractivity contribution in [1.29, 1.82) is 0 Å². The highest BCUT2D eigenvalue weighted by atomic mass is 35.5. The van der Waals surface area contributed by atoms with Gasteiger partial charge in [0.25, 0.3) is 0 Å². The van der Waals surface area contributed by atoms with E-state index in [0.29, 0.717) is 11.4 Å². The molecule has 17 heavy (non-hydrogen) atoms. The molecule has 0 fully saturated rings. The zero-order valence-corrected chi connectivity index (χ0v) is 11.1. The lowest BCUT2D eigenvalue weighted by atomic mass is 10.0. The summed E-state index contributed by atoms with van der Waals surface area (Å²) in [5, 5.41) is 0.738. The molecule has 0 nitrogen and oxygen atoms in total. The molecule has 0 aliphatic heterocycles. The third-order valence-corrected chi connectivity index (χ3v) is 3.78. The SMILES string of the molecule is Fc1ccc(Cl)c(CC2=CC(Cl)CCCC2)c1. The van der Waals surface area contributed by atoms with Crippen molar-refractivity contribution in [1.82, 2.24) is 0 Å². The average Bonchev–Trinajstić information content (AvgIpc) is 2.48. The molecule has 1 aliphatic carbocycles. The summed E-state index contributed by atoms with van der Waals surface area (Å²) < 4.78 is 13.2. The smallest absolute Gasteiger partial charge is 0.123 e. The van der Waals surface area contributed by atoms with Gasteiger partial charge in [-0.15, -0.1) is 11.6 Å². The lowest BCUT2D eigenvalue weighted by Crippen LogP contribution is -1.96. The van der Waals surface area contributed by atoms with E-state index in [2.05, 4.69) is 6.08 Å². The Bertz CT molecular complexity index is 426. The number of hydrogen-bond donors (Lipinski definition) is 0. The second-order valence-electron chi connectivity index (χ2n) is 4.50. The Morgan fingerprint density at radius 1 is 1.29 bits per heavy atom. The Balaban J connectivity index is 2.16. The van der Waals surface area contributed by atoms with Crippen LogP contribution in [0, 0.1) is 5.82 Å². The van der Waals surface area contributed by atoms with Gasteiger partial charge in [0.05, 0.1) is 5.38 Å². The topological polar surface area (TPSA) is 0 Å². The van der Waals surface area contributed by atoms with Crippen LogP contribution in [0.4, 0.5) is 4.39 Å². The highest BCUT2D eigenvalue weighted by Crippen LogP contribution is 2.26. The van der Waals surface area contributed by atoms with E-state index < -0.39 is 0 Å². The first kappa shape index (κ1) is 12.9. The summed E-state index contributed by atoms with van der Waals surface area (Å²) in [5.41, 5.74) is 2.12. The van der Waals surface area contributed by atoms with Crippen LogP contribution in [0.15, 0.2) is 29.8 Å². The van der Waals surface area contributed by atoms with Gasteiger partial charge in [-0.3, -0.25) is 0 Å². The zero-order valence-electron chi connectivity index (χ0n) is 9.56. The van der Waals surface area contributed by atoms with Crippen LogP contribution in [0.25, 0.3) is 0 Å². The maximum atomic E-state index is 13.2. The summed E-state index contributed by atoms with van der Waals surface area (Å²) in [5.74, 6) is -0.235. The summed E-state index contributed by atoms with van der Waals surface area (Å²) in [6, 6.07) is 4.51. The molecule has 0 bridgehead atoms. The van der Waals surface area contributed by atoms with Crippen LogP contribution in [0.3, 0.4) is 0 Å². The first-order valence-corrected chi connectivity index (χ1v) is 6.74. The monoisotopic (exact) mass is 272 g/mol. The zero-order chi connectivity index (χ0) is 12.3. The third kappa shape index (κ3) is 3.72. The first-order valence-electron chi connectivity index (χ1n) is 5.93. The second-order valence-corrected chi connectivity index (χ2v) is 5.47. The maximum Gasteiger partial charge on any atom is 0.123 e. The van der Waals surface area contributed by atoms with Crippen molar-refractivity contribution >= 4 is 23.2 Å². The van der Waals surface area contributed by atoms with Crippen molar-refractivity contribution in [2.24, 2.45) is 0 Å². The van der Waals surface area contributed by atoms with Gasteiger partial charge in [0.2, 0.25) is 0 Å².